The fraction of sp³-hybridized carbons (Fsp3) is 0.500. The summed E-state index contributed by atoms with van der Waals surface area (Å²) in [5, 5.41) is 10.8. The molecule has 0 aliphatic carbocycles. The van der Waals surface area contributed by atoms with Crippen LogP contribution in [0.2, 0.25) is 10.0 Å². The Bertz CT molecular complexity index is 521. The van der Waals surface area contributed by atoms with Gasteiger partial charge in [-0.2, -0.15) is 0 Å². The SMILES string of the molecule is COC(=O)[C@H]1CCN([C@@H](C)c2c(O)ccc(Cl)c2Cl)C1. The summed E-state index contributed by atoms with van der Waals surface area (Å²) in [6.45, 7) is 3.29. The molecule has 20 heavy (non-hydrogen) atoms. The first-order chi connectivity index (χ1) is 9.45. The lowest BCUT2D eigenvalue weighted by Crippen LogP contribution is -2.27. The summed E-state index contributed by atoms with van der Waals surface area (Å²) in [4.78, 5) is 13.7. The molecule has 0 aromatic heterocycles. The van der Waals surface area contributed by atoms with Crippen LogP contribution in [-0.4, -0.2) is 36.2 Å². The normalized spacial score (nSPS) is 20.9. The molecule has 1 aliphatic rings. The van der Waals surface area contributed by atoms with E-state index in [2.05, 4.69) is 4.90 Å². The third kappa shape index (κ3) is 2.87. The van der Waals surface area contributed by atoms with Crippen molar-refractivity contribution in [2.45, 2.75) is 19.4 Å². The van der Waals surface area contributed by atoms with E-state index in [1.54, 1.807) is 6.07 Å². The van der Waals surface area contributed by atoms with E-state index < -0.39 is 0 Å². The van der Waals surface area contributed by atoms with Gasteiger partial charge in [-0.3, -0.25) is 9.69 Å². The van der Waals surface area contributed by atoms with E-state index in [0.29, 0.717) is 22.2 Å². The van der Waals surface area contributed by atoms with Gasteiger partial charge in [0.05, 0.1) is 23.1 Å². The molecular formula is C14H17Cl2NO3. The highest BCUT2D eigenvalue weighted by atomic mass is 35.5. The van der Waals surface area contributed by atoms with E-state index in [1.165, 1.54) is 13.2 Å². The van der Waals surface area contributed by atoms with E-state index in [0.717, 1.165) is 13.0 Å². The van der Waals surface area contributed by atoms with Crippen LogP contribution < -0.4 is 0 Å². The van der Waals surface area contributed by atoms with Gasteiger partial charge in [0.2, 0.25) is 0 Å². The second kappa shape index (κ2) is 6.20. The number of hydrogen-bond acceptors (Lipinski definition) is 4. The largest absolute Gasteiger partial charge is 0.508 e. The summed E-state index contributed by atoms with van der Waals surface area (Å²) in [7, 11) is 1.40. The molecular weight excluding hydrogens is 301 g/mol. The predicted molar refractivity (Wildman–Crippen MR) is 78.2 cm³/mol. The summed E-state index contributed by atoms with van der Waals surface area (Å²) in [6.07, 6.45) is 0.746. The smallest absolute Gasteiger partial charge is 0.310 e. The van der Waals surface area contributed by atoms with E-state index in [1.807, 2.05) is 6.92 Å². The molecule has 0 radical (unpaired) electrons. The molecule has 110 valence electrons. The highest BCUT2D eigenvalue weighted by molar-refractivity contribution is 6.42. The van der Waals surface area contributed by atoms with Gasteiger partial charge in [0.1, 0.15) is 5.75 Å². The van der Waals surface area contributed by atoms with Gasteiger partial charge in [-0.25, -0.2) is 0 Å². The van der Waals surface area contributed by atoms with Crippen LogP contribution in [-0.2, 0) is 9.53 Å². The fourth-order valence-electron chi connectivity index (χ4n) is 2.63. The number of methoxy groups -OCH3 is 1. The number of phenols is 1. The zero-order chi connectivity index (χ0) is 14.9. The standard InChI is InChI=1S/C14H17Cl2NO3/c1-8(12-11(18)4-3-10(15)13(12)16)17-6-5-9(7-17)14(19)20-2/h3-4,8-9,18H,5-7H2,1-2H3/t8-,9-/m0/s1. The van der Waals surface area contributed by atoms with Crippen LogP contribution in [0.1, 0.15) is 24.9 Å². The topological polar surface area (TPSA) is 49.8 Å². The maximum Gasteiger partial charge on any atom is 0.310 e. The van der Waals surface area contributed by atoms with Gasteiger partial charge in [-0.05, 0) is 32.0 Å². The number of rotatable bonds is 3. The van der Waals surface area contributed by atoms with Gasteiger partial charge in [-0.1, -0.05) is 23.2 Å². The average molecular weight is 318 g/mol. The molecule has 1 saturated heterocycles. The molecule has 0 unspecified atom stereocenters. The number of carbonyl (C=O) groups is 1. The molecule has 2 rings (SSSR count). The zero-order valence-electron chi connectivity index (χ0n) is 11.4. The number of benzene rings is 1. The zero-order valence-corrected chi connectivity index (χ0v) is 12.9. The summed E-state index contributed by atoms with van der Waals surface area (Å²) < 4.78 is 4.77. The molecule has 1 fully saturated rings. The third-order valence-electron chi connectivity index (χ3n) is 3.83. The van der Waals surface area contributed by atoms with Crippen molar-refractivity contribution in [1.29, 1.82) is 0 Å². The number of carbonyl (C=O) groups excluding carboxylic acids is 1. The number of aromatic hydroxyl groups is 1. The first kappa shape index (κ1) is 15.4. The second-order valence-corrected chi connectivity index (χ2v) is 5.76. The minimum Gasteiger partial charge on any atom is -0.508 e. The number of halogens is 2. The average Bonchev–Trinajstić information content (AvgIpc) is 2.92. The Kier molecular flexibility index (Phi) is 4.78. The van der Waals surface area contributed by atoms with E-state index in [4.69, 9.17) is 27.9 Å². The van der Waals surface area contributed by atoms with Crippen LogP contribution in [0.25, 0.3) is 0 Å². The Hall–Kier alpha value is -0.970. The van der Waals surface area contributed by atoms with Crippen LogP contribution in [0.5, 0.6) is 5.75 Å². The van der Waals surface area contributed by atoms with Crippen LogP contribution in [0.3, 0.4) is 0 Å². The van der Waals surface area contributed by atoms with Crippen molar-refractivity contribution in [3.05, 3.63) is 27.7 Å². The summed E-state index contributed by atoms with van der Waals surface area (Å²) in [5.41, 5.74) is 0.602. The molecule has 1 aromatic carbocycles. The number of ether oxygens (including phenoxy) is 1. The number of esters is 1. The molecule has 1 heterocycles. The Morgan fingerprint density at radius 2 is 2.20 bits per heavy atom. The summed E-state index contributed by atoms with van der Waals surface area (Å²) in [6, 6.07) is 2.99. The predicted octanol–water partition coefficient (Wildman–Crippen LogP) is 3.25. The lowest BCUT2D eigenvalue weighted by atomic mass is 10.1. The van der Waals surface area contributed by atoms with Gasteiger partial charge >= 0.3 is 5.97 Å². The highest BCUT2D eigenvalue weighted by Gasteiger charge is 2.33. The van der Waals surface area contributed by atoms with Crippen LogP contribution >= 0.6 is 23.2 Å². The van der Waals surface area contributed by atoms with Crippen LogP contribution in [0.15, 0.2) is 12.1 Å². The van der Waals surface area contributed by atoms with Gasteiger partial charge in [0.25, 0.3) is 0 Å². The van der Waals surface area contributed by atoms with Crippen molar-refractivity contribution in [2.24, 2.45) is 5.92 Å². The quantitative estimate of drug-likeness (QED) is 0.869. The monoisotopic (exact) mass is 317 g/mol. The van der Waals surface area contributed by atoms with Gasteiger partial charge < -0.3 is 9.84 Å². The number of nitrogens with zero attached hydrogens (tertiary/aromatic N) is 1. The Labute approximate surface area is 128 Å². The number of likely N-dealkylation sites (tertiary alicyclic amines) is 1. The molecule has 0 bridgehead atoms. The minimum atomic E-state index is -0.193. The Morgan fingerprint density at radius 1 is 1.50 bits per heavy atom. The number of phenolic OH excluding ortho intramolecular Hbond substituents is 1. The maximum absolute atomic E-state index is 11.6. The molecule has 0 amide bonds. The van der Waals surface area contributed by atoms with Crippen LogP contribution in [0, 0.1) is 5.92 Å². The van der Waals surface area contributed by atoms with Crippen molar-refractivity contribution in [3.63, 3.8) is 0 Å². The molecule has 1 N–H and O–H groups in total. The van der Waals surface area contributed by atoms with Crippen molar-refractivity contribution < 1.29 is 14.6 Å². The van der Waals surface area contributed by atoms with Gasteiger partial charge in [0.15, 0.2) is 0 Å². The molecule has 2 atom stereocenters. The van der Waals surface area contributed by atoms with Gasteiger partial charge in [0, 0.05) is 18.2 Å². The lowest BCUT2D eigenvalue weighted by Gasteiger charge is -2.26. The Morgan fingerprint density at radius 3 is 2.85 bits per heavy atom. The fourth-order valence-corrected chi connectivity index (χ4v) is 3.12. The highest BCUT2D eigenvalue weighted by Crippen LogP contribution is 2.40. The van der Waals surface area contributed by atoms with Crippen LogP contribution in [0.4, 0.5) is 0 Å². The summed E-state index contributed by atoms with van der Waals surface area (Å²) in [5.74, 6) is -0.197. The molecule has 1 aromatic rings. The summed E-state index contributed by atoms with van der Waals surface area (Å²) >= 11 is 12.2. The van der Waals surface area contributed by atoms with Crippen molar-refractivity contribution >= 4 is 29.2 Å². The maximum atomic E-state index is 11.6. The molecule has 0 saturated carbocycles. The lowest BCUT2D eigenvalue weighted by molar-refractivity contribution is -0.145. The molecule has 6 heteroatoms. The number of hydrogen-bond donors (Lipinski definition) is 1. The molecule has 1 aliphatic heterocycles. The van der Waals surface area contributed by atoms with E-state index in [9.17, 15) is 9.90 Å². The van der Waals surface area contributed by atoms with Crippen molar-refractivity contribution in [3.8, 4) is 5.75 Å². The Balaban J connectivity index is 2.19. The second-order valence-electron chi connectivity index (χ2n) is 4.97. The van der Waals surface area contributed by atoms with E-state index >= 15 is 0 Å². The van der Waals surface area contributed by atoms with Gasteiger partial charge in [-0.15, -0.1) is 0 Å². The molecule has 4 nitrogen and oxygen atoms in total. The minimum absolute atomic E-state index is 0.115. The van der Waals surface area contributed by atoms with E-state index in [-0.39, 0.29) is 23.7 Å². The van der Waals surface area contributed by atoms with Crippen molar-refractivity contribution in [2.75, 3.05) is 20.2 Å². The third-order valence-corrected chi connectivity index (χ3v) is 4.65. The van der Waals surface area contributed by atoms with Crippen molar-refractivity contribution in [1.82, 2.24) is 4.90 Å². The molecule has 0 spiro atoms. The first-order valence-corrected chi connectivity index (χ1v) is 7.20. The first-order valence-electron chi connectivity index (χ1n) is 6.44.